The fourth-order valence-electron chi connectivity index (χ4n) is 3.33. The van der Waals surface area contributed by atoms with E-state index in [1.54, 1.807) is 7.11 Å². The number of pyridine rings is 1. The molecule has 30 heavy (non-hydrogen) atoms. The van der Waals surface area contributed by atoms with Crippen LogP contribution in [0.15, 0.2) is 47.5 Å². The molecule has 4 aromatic rings. The van der Waals surface area contributed by atoms with Crippen LogP contribution < -0.4 is 10.1 Å². The molecule has 1 unspecified atom stereocenters. The number of hydrogen-bond donors (Lipinski definition) is 1. The second kappa shape index (κ2) is 8.62. The van der Waals surface area contributed by atoms with Gasteiger partial charge in [0.2, 0.25) is 5.91 Å². The number of thioether (sulfide) groups is 1. The molecule has 4 rings (SSSR count). The van der Waals surface area contributed by atoms with Gasteiger partial charge >= 0.3 is 0 Å². The van der Waals surface area contributed by atoms with Crippen molar-refractivity contribution in [3.05, 3.63) is 53.6 Å². The Kier molecular flexibility index (Phi) is 5.92. The zero-order chi connectivity index (χ0) is 21.3. The molecule has 1 N–H and O–H groups in total. The quantitative estimate of drug-likeness (QED) is 0.376. The number of amides is 1. The number of nitrogens with one attached hydrogen (secondary N) is 1. The third-order valence-electron chi connectivity index (χ3n) is 4.91. The van der Waals surface area contributed by atoms with Crippen molar-refractivity contribution >= 4 is 55.3 Å². The predicted octanol–water partition coefficient (Wildman–Crippen LogP) is 5.98. The summed E-state index contributed by atoms with van der Waals surface area (Å²) in [4.78, 5) is 22.3. The summed E-state index contributed by atoms with van der Waals surface area (Å²) < 4.78 is 6.55. The summed E-state index contributed by atoms with van der Waals surface area (Å²) in [7, 11) is 1.65. The molecule has 1 atom stereocenters. The van der Waals surface area contributed by atoms with E-state index in [9.17, 15) is 4.79 Å². The minimum absolute atomic E-state index is 0.0575. The zero-order valence-electron chi connectivity index (χ0n) is 17.4. The lowest BCUT2D eigenvalue weighted by molar-refractivity contribution is -0.115. The number of fused-ring (bicyclic) bond motifs is 2. The van der Waals surface area contributed by atoms with Crippen LogP contribution in [0.5, 0.6) is 5.75 Å². The van der Waals surface area contributed by atoms with Crippen LogP contribution in [-0.2, 0) is 4.79 Å². The van der Waals surface area contributed by atoms with E-state index < -0.39 is 0 Å². The van der Waals surface area contributed by atoms with Crippen molar-refractivity contribution in [1.29, 1.82) is 0 Å². The van der Waals surface area contributed by atoms with Gasteiger partial charge in [-0.2, -0.15) is 0 Å². The number of anilines is 1. The lowest BCUT2D eigenvalue weighted by Crippen LogP contribution is -2.24. The van der Waals surface area contributed by atoms with E-state index in [1.807, 2.05) is 43.3 Å². The average molecular weight is 438 g/mol. The summed E-state index contributed by atoms with van der Waals surface area (Å²) in [5, 5.41) is 5.22. The van der Waals surface area contributed by atoms with Crippen molar-refractivity contribution in [3.63, 3.8) is 0 Å². The molecule has 2 heterocycles. The van der Waals surface area contributed by atoms with Crippen LogP contribution in [0.3, 0.4) is 0 Å². The first-order chi connectivity index (χ1) is 14.5. The molecule has 1 amide bonds. The standard InChI is InChI=1S/C23H23N3O2S2/c1-5-18(22(27)26-23-24-16-10-9-13(2)11-19(16)30-23)29-20-12-14(3)15-7-6-8-17(28-4)21(15)25-20/h6-12,18H,5H2,1-4H3,(H,24,26,27). The number of para-hydroxylation sites is 1. The maximum Gasteiger partial charge on any atom is 0.239 e. The number of hydrogen-bond acceptors (Lipinski definition) is 6. The highest BCUT2D eigenvalue weighted by Crippen LogP contribution is 2.33. The molecule has 7 heteroatoms. The topological polar surface area (TPSA) is 64.1 Å². The number of methoxy groups -OCH3 is 1. The molecule has 0 aliphatic heterocycles. The Morgan fingerprint density at radius 2 is 2.03 bits per heavy atom. The van der Waals surface area contributed by atoms with Gasteiger partial charge in [0.25, 0.3) is 0 Å². The van der Waals surface area contributed by atoms with E-state index in [1.165, 1.54) is 28.7 Å². The molecule has 2 aromatic heterocycles. The third-order valence-corrected chi connectivity index (χ3v) is 7.12. The molecule has 0 radical (unpaired) electrons. The van der Waals surface area contributed by atoms with Gasteiger partial charge in [-0.3, -0.25) is 4.79 Å². The number of nitrogens with zero attached hydrogens (tertiary/aromatic N) is 2. The van der Waals surface area contributed by atoms with Crippen molar-refractivity contribution in [2.24, 2.45) is 0 Å². The van der Waals surface area contributed by atoms with Gasteiger partial charge in [-0.15, -0.1) is 0 Å². The fraction of sp³-hybridized carbons (Fsp3) is 0.261. The van der Waals surface area contributed by atoms with Gasteiger partial charge in [0.05, 0.1) is 27.6 Å². The monoisotopic (exact) mass is 437 g/mol. The Hall–Kier alpha value is -2.64. The number of ether oxygens (including phenoxy) is 1. The number of aromatic nitrogens is 2. The highest BCUT2D eigenvalue weighted by molar-refractivity contribution is 8.00. The van der Waals surface area contributed by atoms with Crippen LogP contribution in [0.2, 0.25) is 0 Å². The summed E-state index contributed by atoms with van der Waals surface area (Å²) in [6.07, 6.45) is 0.686. The summed E-state index contributed by atoms with van der Waals surface area (Å²) in [5.74, 6) is 0.679. The highest BCUT2D eigenvalue weighted by Gasteiger charge is 2.21. The van der Waals surface area contributed by atoms with Crippen LogP contribution in [0.4, 0.5) is 5.13 Å². The van der Waals surface area contributed by atoms with E-state index in [4.69, 9.17) is 9.72 Å². The molecule has 0 aliphatic rings. The number of thiazole rings is 1. The smallest absolute Gasteiger partial charge is 0.239 e. The number of aryl methyl sites for hydroxylation is 2. The number of carbonyl (C=O) groups excluding carboxylic acids is 1. The minimum atomic E-state index is -0.266. The van der Waals surface area contributed by atoms with Gasteiger partial charge in [-0.1, -0.05) is 48.2 Å². The van der Waals surface area contributed by atoms with E-state index >= 15 is 0 Å². The summed E-state index contributed by atoms with van der Waals surface area (Å²) in [6.45, 7) is 6.11. The lowest BCUT2D eigenvalue weighted by Gasteiger charge is -2.15. The van der Waals surface area contributed by atoms with Crippen LogP contribution >= 0.6 is 23.1 Å². The fourth-order valence-corrected chi connectivity index (χ4v) is 5.31. The third kappa shape index (κ3) is 4.13. The van der Waals surface area contributed by atoms with Crippen LogP contribution in [0.25, 0.3) is 21.1 Å². The van der Waals surface area contributed by atoms with Gasteiger partial charge < -0.3 is 10.1 Å². The van der Waals surface area contributed by atoms with Gasteiger partial charge in [-0.05, 0) is 55.7 Å². The summed E-state index contributed by atoms with van der Waals surface area (Å²) >= 11 is 2.97. The maximum absolute atomic E-state index is 12.9. The molecule has 2 aromatic carbocycles. The van der Waals surface area contributed by atoms with Crippen molar-refractivity contribution < 1.29 is 9.53 Å². The van der Waals surface area contributed by atoms with Crippen LogP contribution in [-0.4, -0.2) is 28.2 Å². The van der Waals surface area contributed by atoms with Crippen molar-refractivity contribution in [2.75, 3.05) is 12.4 Å². The number of benzene rings is 2. The number of carbonyl (C=O) groups is 1. The molecule has 0 saturated carbocycles. The Balaban J connectivity index is 1.57. The van der Waals surface area contributed by atoms with E-state index in [0.717, 1.165) is 37.5 Å². The average Bonchev–Trinajstić information content (AvgIpc) is 3.12. The Bertz CT molecular complexity index is 1240. The van der Waals surface area contributed by atoms with E-state index in [2.05, 4.69) is 30.2 Å². The molecule has 0 fully saturated rings. The summed E-state index contributed by atoms with van der Waals surface area (Å²) in [6, 6.07) is 14.0. The van der Waals surface area contributed by atoms with Gasteiger partial charge in [0.15, 0.2) is 5.13 Å². The van der Waals surface area contributed by atoms with Crippen molar-refractivity contribution in [3.8, 4) is 5.75 Å². The maximum atomic E-state index is 12.9. The molecule has 0 aliphatic carbocycles. The Morgan fingerprint density at radius 1 is 1.20 bits per heavy atom. The predicted molar refractivity (Wildman–Crippen MR) is 126 cm³/mol. The second-order valence-corrected chi connectivity index (χ2v) is 9.38. The normalized spacial score (nSPS) is 12.3. The van der Waals surface area contributed by atoms with Gasteiger partial charge in [0.1, 0.15) is 11.3 Å². The van der Waals surface area contributed by atoms with Gasteiger partial charge in [-0.25, -0.2) is 9.97 Å². The highest BCUT2D eigenvalue weighted by atomic mass is 32.2. The van der Waals surface area contributed by atoms with Crippen molar-refractivity contribution in [1.82, 2.24) is 9.97 Å². The summed E-state index contributed by atoms with van der Waals surface area (Å²) in [5.41, 5.74) is 4.01. The first-order valence-corrected chi connectivity index (χ1v) is 11.5. The Labute approximate surface area is 183 Å². The molecule has 0 saturated heterocycles. The molecule has 5 nitrogen and oxygen atoms in total. The molecule has 154 valence electrons. The van der Waals surface area contributed by atoms with Crippen LogP contribution in [0.1, 0.15) is 24.5 Å². The molecular weight excluding hydrogens is 414 g/mol. The second-order valence-electron chi connectivity index (χ2n) is 7.13. The van der Waals surface area contributed by atoms with Crippen molar-refractivity contribution in [2.45, 2.75) is 37.5 Å². The van der Waals surface area contributed by atoms with Crippen LogP contribution in [0, 0.1) is 13.8 Å². The van der Waals surface area contributed by atoms with E-state index in [-0.39, 0.29) is 11.2 Å². The first kappa shape index (κ1) is 20.6. The SMILES string of the molecule is CCC(Sc1cc(C)c2cccc(OC)c2n1)C(=O)Nc1nc2ccc(C)cc2s1. The van der Waals surface area contributed by atoms with E-state index in [0.29, 0.717) is 11.6 Å². The Morgan fingerprint density at radius 3 is 2.80 bits per heavy atom. The van der Waals surface area contributed by atoms with Gasteiger partial charge in [0, 0.05) is 5.39 Å². The minimum Gasteiger partial charge on any atom is -0.494 e. The first-order valence-electron chi connectivity index (χ1n) is 9.77. The molecule has 0 spiro atoms. The largest absolute Gasteiger partial charge is 0.494 e. The lowest BCUT2D eigenvalue weighted by atomic mass is 10.1. The number of rotatable bonds is 6. The zero-order valence-corrected chi connectivity index (χ0v) is 19.0. The molecule has 0 bridgehead atoms. The molecular formula is C23H23N3O2S2.